The molecule has 1 aromatic heterocycles. The van der Waals surface area contributed by atoms with E-state index in [1.165, 1.54) is 0 Å². The molecule has 0 unspecified atom stereocenters. The van der Waals surface area contributed by atoms with Gasteiger partial charge in [0.25, 0.3) is 5.91 Å². The van der Waals surface area contributed by atoms with Gasteiger partial charge in [-0.15, -0.1) is 10.2 Å². The molecule has 112 valence electrons. The maximum atomic E-state index is 11.5. The van der Waals surface area contributed by atoms with E-state index in [0.717, 1.165) is 13.0 Å². The summed E-state index contributed by atoms with van der Waals surface area (Å²) in [5.41, 5.74) is 0.325. The second-order valence-electron chi connectivity index (χ2n) is 4.88. The first-order valence-corrected chi connectivity index (χ1v) is 7.07. The van der Waals surface area contributed by atoms with Crippen LogP contribution in [0.1, 0.15) is 37.7 Å². The van der Waals surface area contributed by atoms with Gasteiger partial charge < -0.3 is 15.4 Å². The first kappa shape index (κ1) is 16.4. The minimum Gasteiger partial charge on any atom is -0.380 e. The summed E-state index contributed by atoms with van der Waals surface area (Å²) in [7, 11) is 0. The molecule has 0 aliphatic carbocycles. The largest absolute Gasteiger partial charge is 0.380 e. The van der Waals surface area contributed by atoms with Gasteiger partial charge in [0, 0.05) is 19.7 Å². The van der Waals surface area contributed by atoms with Crippen LogP contribution in [0.4, 0.5) is 5.82 Å². The summed E-state index contributed by atoms with van der Waals surface area (Å²) in [5, 5.41) is 13.6. The minimum absolute atomic E-state index is 0.205. The number of amides is 1. The van der Waals surface area contributed by atoms with Crippen molar-refractivity contribution in [1.82, 2.24) is 15.5 Å². The number of hydrogen-bond acceptors (Lipinski definition) is 5. The lowest BCUT2D eigenvalue weighted by Gasteiger charge is -2.08. The van der Waals surface area contributed by atoms with E-state index in [2.05, 4.69) is 34.7 Å². The fourth-order valence-corrected chi connectivity index (χ4v) is 1.47. The number of anilines is 1. The van der Waals surface area contributed by atoms with E-state index in [1.54, 1.807) is 12.1 Å². The number of nitrogens with one attached hydrogen (secondary N) is 2. The lowest BCUT2D eigenvalue weighted by Crippen LogP contribution is -2.24. The Bertz CT molecular complexity index is 393. The van der Waals surface area contributed by atoms with Crippen LogP contribution >= 0.6 is 0 Å². The van der Waals surface area contributed by atoms with E-state index in [0.29, 0.717) is 37.1 Å². The van der Waals surface area contributed by atoms with Gasteiger partial charge in [-0.3, -0.25) is 4.79 Å². The lowest BCUT2D eigenvalue weighted by molar-refractivity contribution is 0.0950. The molecule has 6 heteroatoms. The summed E-state index contributed by atoms with van der Waals surface area (Å²) >= 11 is 0. The maximum Gasteiger partial charge on any atom is 0.271 e. The van der Waals surface area contributed by atoms with Crippen LogP contribution in [0, 0.1) is 5.92 Å². The van der Waals surface area contributed by atoms with Gasteiger partial charge >= 0.3 is 0 Å². The molecule has 0 bridgehead atoms. The Morgan fingerprint density at radius 2 is 2.10 bits per heavy atom. The van der Waals surface area contributed by atoms with Crippen molar-refractivity contribution < 1.29 is 9.53 Å². The first-order valence-electron chi connectivity index (χ1n) is 7.07. The van der Waals surface area contributed by atoms with Crippen molar-refractivity contribution in [3.05, 3.63) is 17.8 Å². The average molecular weight is 280 g/mol. The van der Waals surface area contributed by atoms with Crippen molar-refractivity contribution in [3.8, 4) is 0 Å². The highest BCUT2D eigenvalue weighted by atomic mass is 16.5. The Morgan fingerprint density at radius 1 is 1.30 bits per heavy atom. The molecule has 1 rings (SSSR count). The third-order valence-corrected chi connectivity index (χ3v) is 2.63. The van der Waals surface area contributed by atoms with Crippen molar-refractivity contribution >= 4 is 11.7 Å². The number of nitrogens with zero attached hydrogens (tertiary/aromatic N) is 2. The van der Waals surface area contributed by atoms with Crippen LogP contribution in [0.15, 0.2) is 12.1 Å². The molecule has 0 aliphatic rings. The third kappa shape index (κ3) is 6.47. The van der Waals surface area contributed by atoms with Gasteiger partial charge in [-0.1, -0.05) is 13.8 Å². The SMILES string of the molecule is CCNC(=O)c1ccc(NCCOCCC(C)C)nn1. The Labute approximate surface area is 120 Å². The average Bonchev–Trinajstić information content (AvgIpc) is 2.43. The fourth-order valence-electron chi connectivity index (χ4n) is 1.47. The van der Waals surface area contributed by atoms with Crippen molar-refractivity contribution in [2.24, 2.45) is 5.92 Å². The van der Waals surface area contributed by atoms with Crippen molar-refractivity contribution in [1.29, 1.82) is 0 Å². The Balaban J connectivity index is 2.23. The molecule has 0 saturated carbocycles. The predicted molar refractivity (Wildman–Crippen MR) is 78.8 cm³/mol. The predicted octanol–water partition coefficient (Wildman–Crippen LogP) is 1.70. The number of carbonyl (C=O) groups excluding carboxylic acids is 1. The summed E-state index contributed by atoms with van der Waals surface area (Å²) in [6, 6.07) is 3.39. The highest BCUT2D eigenvalue weighted by Gasteiger charge is 2.06. The molecule has 0 atom stereocenters. The summed E-state index contributed by atoms with van der Waals surface area (Å²) in [6.07, 6.45) is 1.07. The summed E-state index contributed by atoms with van der Waals surface area (Å²) in [4.78, 5) is 11.5. The zero-order valence-electron chi connectivity index (χ0n) is 12.5. The zero-order valence-corrected chi connectivity index (χ0v) is 12.5. The van der Waals surface area contributed by atoms with Crippen LogP contribution in [-0.2, 0) is 4.74 Å². The second kappa shape index (κ2) is 9.25. The highest BCUT2D eigenvalue weighted by molar-refractivity contribution is 5.92. The Morgan fingerprint density at radius 3 is 2.70 bits per heavy atom. The number of carbonyl (C=O) groups is 1. The molecule has 0 fully saturated rings. The van der Waals surface area contributed by atoms with Crippen LogP contribution in [0.5, 0.6) is 0 Å². The van der Waals surface area contributed by atoms with Crippen molar-refractivity contribution in [2.45, 2.75) is 27.2 Å². The van der Waals surface area contributed by atoms with Crippen LogP contribution in [0.3, 0.4) is 0 Å². The van der Waals surface area contributed by atoms with Gasteiger partial charge in [-0.05, 0) is 31.4 Å². The molecule has 1 aromatic rings. The van der Waals surface area contributed by atoms with Gasteiger partial charge in [0.15, 0.2) is 5.69 Å². The highest BCUT2D eigenvalue weighted by Crippen LogP contribution is 2.02. The van der Waals surface area contributed by atoms with Crippen molar-refractivity contribution in [2.75, 3.05) is 31.6 Å². The lowest BCUT2D eigenvalue weighted by atomic mass is 10.1. The van der Waals surface area contributed by atoms with E-state index in [-0.39, 0.29) is 5.91 Å². The number of aromatic nitrogens is 2. The van der Waals surface area contributed by atoms with E-state index in [4.69, 9.17) is 4.74 Å². The fraction of sp³-hybridized carbons (Fsp3) is 0.643. The normalized spacial score (nSPS) is 10.6. The molecule has 0 saturated heterocycles. The van der Waals surface area contributed by atoms with E-state index in [9.17, 15) is 4.79 Å². The smallest absolute Gasteiger partial charge is 0.271 e. The van der Waals surface area contributed by atoms with Gasteiger partial charge in [-0.2, -0.15) is 0 Å². The monoisotopic (exact) mass is 280 g/mol. The van der Waals surface area contributed by atoms with E-state index in [1.807, 2.05) is 6.92 Å². The molecule has 0 aromatic carbocycles. The summed E-state index contributed by atoms with van der Waals surface area (Å²) in [5.74, 6) is 1.10. The maximum absolute atomic E-state index is 11.5. The molecule has 20 heavy (non-hydrogen) atoms. The van der Waals surface area contributed by atoms with E-state index >= 15 is 0 Å². The van der Waals surface area contributed by atoms with Crippen LogP contribution < -0.4 is 10.6 Å². The standard InChI is InChI=1S/C14H24N4O2/c1-4-15-14(19)12-5-6-13(18-17-12)16-8-10-20-9-7-11(2)3/h5-6,11H,4,7-10H2,1-3H3,(H,15,19)(H,16,18). The summed E-state index contributed by atoms with van der Waals surface area (Å²) < 4.78 is 5.49. The summed E-state index contributed by atoms with van der Waals surface area (Å²) in [6.45, 7) is 8.87. The molecule has 0 aliphatic heterocycles. The van der Waals surface area contributed by atoms with Crippen LogP contribution in [0.25, 0.3) is 0 Å². The van der Waals surface area contributed by atoms with Gasteiger partial charge in [0.2, 0.25) is 0 Å². The van der Waals surface area contributed by atoms with Gasteiger partial charge in [-0.25, -0.2) is 0 Å². The molecular formula is C14H24N4O2. The third-order valence-electron chi connectivity index (χ3n) is 2.63. The second-order valence-corrected chi connectivity index (χ2v) is 4.88. The molecule has 2 N–H and O–H groups in total. The number of ether oxygens (including phenoxy) is 1. The number of hydrogen-bond donors (Lipinski definition) is 2. The van der Waals surface area contributed by atoms with Crippen LogP contribution in [-0.4, -0.2) is 42.4 Å². The molecule has 0 radical (unpaired) electrons. The zero-order chi connectivity index (χ0) is 14.8. The molecule has 1 amide bonds. The van der Waals surface area contributed by atoms with E-state index < -0.39 is 0 Å². The molecular weight excluding hydrogens is 256 g/mol. The van der Waals surface area contributed by atoms with Gasteiger partial charge in [0.05, 0.1) is 6.61 Å². The van der Waals surface area contributed by atoms with Crippen LogP contribution in [0.2, 0.25) is 0 Å². The number of rotatable bonds is 9. The topological polar surface area (TPSA) is 76.1 Å². The molecule has 6 nitrogen and oxygen atoms in total. The molecule has 1 heterocycles. The van der Waals surface area contributed by atoms with Gasteiger partial charge in [0.1, 0.15) is 5.82 Å². The molecule has 0 spiro atoms. The Hall–Kier alpha value is -1.69. The minimum atomic E-state index is -0.205. The Kier molecular flexibility index (Phi) is 7.57. The quantitative estimate of drug-likeness (QED) is 0.673. The first-order chi connectivity index (χ1) is 9.63. The van der Waals surface area contributed by atoms with Crippen molar-refractivity contribution in [3.63, 3.8) is 0 Å².